The van der Waals surface area contributed by atoms with Crippen LogP contribution < -0.4 is 16.0 Å². The van der Waals surface area contributed by atoms with E-state index in [2.05, 4.69) is 20.9 Å². The number of hydrogen-bond donors (Lipinski definition) is 3. The topological polar surface area (TPSA) is 74.8 Å². The van der Waals surface area contributed by atoms with Gasteiger partial charge in [0, 0.05) is 26.7 Å². The van der Waals surface area contributed by atoms with Gasteiger partial charge in [0.15, 0.2) is 5.96 Å². The van der Waals surface area contributed by atoms with E-state index >= 15 is 0 Å². The van der Waals surface area contributed by atoms with Crippen LogP contribution in [0.5, 0.6) is 0 Å². The van der Waals surface area contributed by atoms with Crippen LogP contribution in [0.3, 0.4) is 0 Å². The van der Waals surface area contributed by atoms with Gasteiger partial charge in [-0.3, -0.25) is 4.99 Å². The van der Waals surface area contributed by atoms with Crippen molar-refractivity contribution in [3.63, 3.8) is 0 Å². The number of carbonyl (C=O) groups is 1. The van der Waals surface area contributed by atoms with Crippen LogP contribution in [-0.2, 0) is 11.2 Å². The molecule has 1 aromatic carbocycles. The first-order valence-corrected chi connectivity index (χ1v) is 8.96. The third-order valence-electron chi connectivity index (χ3n) is 3.36. The fourth-order valence-electron chi connectivity index (χ4n) is 2.21. The number of nitrogens with zero attached hydrogens (tertiary/aromatic N) is 1. The molecular weight excluding hydrogens is 335 g/mol. The molecular formula is C19H31FN4O2. The molecule has 0 saturated heterocycles. The second-order valence-electron chi connectivity index (χ2n) is 6.94. The van der Waals surface area contributed by atoms with Crippen LogP contribution >= 0.6 is 0 Å². The van der Waals surface area contributed by atoms with Crippen molar-refractivity contribution in [3.05, 3.63) is 35.6 Å². The molecule has 0 radical (unpaired) electrons. The number of carbonyl (C=O) groups excluding carboxylic acids is 1. The van der Waals surface area contributed by atoms with Crippen LogP contribution in [0, 0.1) is 5.82 Å². The van der Waals surface area contributed by atoms with Crippen LogP contribution in [-0.4, -0.2) is 44.3 Å². The van der Waals surface area contributed by atoms with Gasteiger partial charge in [-0.25, -0.2) is 9.18 Å². The number of benzene rings is 1. The molecule has 0 fully saturated rings. The predicted molar refractivity (Wildman–Crippen MR) is 103 cm³/mol. The molecule has 0 aliphatic heterocycles. The SMILES string of the molecule is CN=C(NCCCNC(=O)OC(C)(C)C)NCCCc1cccc(F)c1. The number of ether oxygens (including phenoxy) is 1. The van der Waals surface area contributed by atoms with E-state index in [0.717, 1.165) is 31.4 Å². The summed E-state index contributed by atoms with van der Waals surface area (Å²) in [6.07, 6.45) is 2.03. The lowest BCUT2D eigenvalue weighted by molar-refractivity contribution is 0.0527. The first kappa shape index (κ1) is 21.7. The van der Waals surface area contributed by atoms with Gasteiger partial charge >= 0.3 is 6.09 Å². The highest BCUT2D eigenvalue weighted by atomic mass is 19.1. The van der Waals surface area contributed by atoms with E-state index in [0.29, 0.717) is 19.0 Å². The molecule has 0 saturated carbocycles. The zero-order valence-electron chi connectivity index (χ0n) is 16.2. The Balaban J connectivity index is 2.11. The molecule has 1 aromatic rings. The van der Waals surface area contributed by atoms with Gasteiger partial charge in [-0.2, -0.15) is 0 Å². The Morgan fingerprint density at radius 2 is 1.77 bits per heavy atom. The van der Waals surface area contributed by atoms with Gasteiger partial charge in [0.25, 0.3) is 0 Å². The molecule has 0 aliphatic rings. The summed E-state index contributed by atoms with van der Waals surface area (Å²) >= 11 is 0. The third-order valence-corrected chi connectivity index (χ3v) is 3.36. The van der Waals surface area contributed by atoms with Gasteiger partial charge in [-0.05, 0) is 57.7 Å². The largest absolute Gasteiger partial charge is 0.444 e. The highest BCUT2D eigenvalue weighted by Gasteiger charge is 2.15. The van der Waals surface area contributed by atoms with Gasteiger partial charge in [0.2, 0.25) is 0 Å². The number of halogens is 1. The minimum atomic E-state index is -0.486. The molecule has 1 rings (SSSR count). The number of aryl methyl sites for hydroxylation is 1. The zero-order chi connectivity index (χ0) is 19.4. The molecule has 6 nitrogen and oxygen atoms in total. The van der Waals surface area contributed by atoms with Crippen molar-refractivity contribution in [1.29, 1.82) is 0 Å². The summed E-state index contributed by atoms with van der Waals surface area (Å²) < 4.78 is 18.3. The van der Waals surface area contributed by atoms with E-state index < -0.39 is 11.7 Å². The maximum atomic E-state index is 13.1. The Morgan fingerprint density at radius 1 is 1.12 bits per heavy atom. The Kier molecular flexibility index (Phi) is 9.47. The standard InChI is InChI=1S/C19H31FN4O2/c1-19(2,3)26-18(25)24-13-7-12-23-17(21-4)22-11-6-9-15-8-5-10-16(20)14-15/h5,8,10,14H,6-7,9,11-13H2,1-4H3,(H,24,25)(H2,21,22,23). The quantitative estimate of drug-likeness (QED) is 0.376. The summed E-state index contributed by atoms with van der Waals surface area (Å²) in [5.74, 6) is 0.509. The summed E-state index contributed by atoms with van der Waals surface area (Å²) in [7, 11) is 1.71. The lowest BCUT2D eigenvalue weighted by atomic mass is 10.1. The van der Waals surface area contributed by atoms with E-state index in [9.17, 15) is 9.18 Å². The molecule has 3 N–H and O–H groups in total. The van der Waals surface area contributed by atoms with E-state index in [1.807, 2.05) is 26.8 Å². The molecule has 0 spiro atoms. The molecule has 146 valence electrons. The molecule has 1 amide bonds. The fourth-order valence-corrected chi connectivity index (χ4v) is 2.21. The Bertz CT molecular complexity index is 585. The van der Waals surface area contributed by atoms with E-state index in [-0.39, 0.29) is 5.82 Å². The van der Waals surface area contributed by atoms with Gasteiger partial charge < -0.3 is 20.7 Å². The van der Waals surface area contributed by atoms with Crippen molar-refractivity contribution in [1.82, 2.24) is 16.0 Å². The van der Waals surface area contributed by atoms with Crippen molar-refractivity contribution >= 4 is 12.1 Å². The van der Waals surface area contributed by atoms with Gasteiger partial charge in [-0.15, -0.1) is 0 Å². The van der Waals surface area contributed by atoms with Gasteiger partial charge in [-0.1, -0.05) is 12.1 Å². The van der Waals surface area contributed by atoms with Crippen molar-refractivity contribution in [2.24, 2.45) is 4.99 Å². The van der Waals surface area contributed by atoms with Crippen molar-refractivity contribution in [3.8, 4) is 0 Å². The summed E-state index contributed by atoms with van der Waals surface area (Å²) in [5.41, 5.74) is 0.503. The fraction of sp³-hybridized carbons (Fsp3) is 0.579. The number of hydrogen-bond acceptors (Lipinski definition) is 3. The van der Waals surface area contributed by atoms with Crippen LogP contribution in [0.1, 0.15) is 39.2 Å². The van der Waals surface area contributed by atoms with Crippen LogP contribution in [0.4, 0.5) is 9.18 Å². The number of rotatable bonds is 8. The first-order valence-electron chi connectivity index (χ1n) is 8.96. The molecule has 0 atom stereocenters. The minimum Gasteiger partial charge on any atom is -0.444 e. The predicted octanol–water partition coefficient (Wildman–Crippen LogP) is 2.84. The van der Waals surface area contributed by atoms with Crippen LogP contribution in [0.15, 0.2) is 29.3 Å². The number of amides is 1. The summed E-state index contributed by atoms with van der Waals surface area (Å²) in [5, 5.41) is 9.12. The van der Waals surface area contributed by atoms with Crippen molar-refractivity contribution in [2.45, 2.75) is 45.6 Å². The zero-order valence-corrected chi connectivity index (χ0v) is 16.2. The average molecular weight is 366 g/mol. The molecule has 0 bridgehead atoms. The van der Waals surface area contributed by atoms with Crippen molar-refractivity contribution in [2.75, 3.05) is 26.7 Å². The Labute approximate surface area is 155 Å². The number of guanidine groups is 1. The number of nitrogens with one attached hydrogen (secondary N) is 3. The molecule has 7 heteroatoms. The lowest BCUT2D eigenvalue weighted by Crippen LogP contribution is -2.39. The van der Waals surface area contributed by atoms with E-state index in [1.165, 1.54) is 6.07 Å². The van der Waals surface area contributed by atoms with E-state index in [1.54, 1.807) is 19.2 Å². The summed E-state index contributed by atoms with van der Waals surface area (Å²) in [6, 6.07) is 6.66. The van der Waals surface area contributed by atoms with Gasteiger partial charge in [0.1, 0.15) is 11.4 Å². The van der Waals surface area contributed by atoms with E-state index in [4.69, 9.17) is 4.74 Å². The molecule has 0 aliphatic carbocycles. The molecule has 26 heavy (non-hydrogen) atoms. The smallest absolute Gasteiger partial charge is 0.407 e. The average Bonchev–Trinajstić information content (AvgIpc) is 2.55. The summed E-state index contributed by atoms with van der Waals surface area (Å²) in [4.78, 5) is 15.7. The van der Waals surface area contributed by atoms with Crippen molar-refractivity contribution < 1.29 is 13.9 Å². The molecule has 0 aromatic heterocycles. The second-order valence-corrected chi connectivity index (χ2v) is 6.94. The summed E-state index contributed by atoms with van der Waals surface area (Å²) in [6.45, 7) is 7.44. The maximum Gasteiger partial charge on any atom is 0.407 e. The number of alkyl carbamates (subject to hydrolysis) is 1. The highest BCUT2D eigenvalue weighted by molar-refractivity contribution is 5.79. The third kappa shape index (κ3) is 10.5. The number of aliphatic imine (C=N–C) groups is 1. The van der Waals surface area contributed by atoms with Crippen LogP contribution in [0.25, 0.3) is 0 Å². The molecule has 0 unspecified atom stereocenters. The second kappa shape index (κ2) is 11.3. The van der Waals surface area contributed by atoms with Crippen LogP contribution in [0.2, 0.25) is 0 Å². The lowest BCUT2D eigenvalue weighted by Gasteiger charge is -2.19. The molecule has 0 heterocycles. The Morgan fingerprint density at radius 3 is 2.38 bits per heavy atom. The monoisotopic (exact) mass is 366 g/mol. The Hall–Kier alpha value is -2.31. The van der Waals surface area contributed by atoms with Gasteiger partial charge in [0.05, 0.1) is 0 Å². The minimum absolute atomic E-state index is 0.201. The first-order chi connectivity index (χ1) is 12.3. The highest BCUT2D eigenvalue weighted by Crippen LogP contribution is 2.06. The maximum absolute atomic E-state index is 13.1. The normalized spacial score (nSPS) is 11.8.